The largest absolute Gasteiger partial charge is 0.392 e. The van der Waals surface area contributed by atoms with Gasteiger partial charge in [0.1, 0.15) is 5.82 Å². The molecule has 144 valence electrons. The highest BCUT2D eigenvalue weighted by atomic mass is 19.1. The standard InChI is InChI=1S/C24H25FN2O/c25-24-15-20(18-7-11-26-12-8-18)5-6-21(24)16-27-13-9-19(10-14-27)23-4-2-1-3-22(23)17-28/h1-8,11-12,15,19,28H,9-10,13-14,16-17H2. The van der Waals surface area contributed by atoms with Crippen molar-refractivity contribution in [2.75, 3.05) is 13.1 Å². The van der Waals surface area contributed by atoms with Crippen LogP contribution in [0.5, 0.6) is 0 Å². The summed E-state index contributed by atoms with van der Waals surface area (Å²) in [6, 6.07) is 17.4. The molecule has 3 aromatic rings. The fraction of sp³-hybridized carbons (Fsp3) is 0.292. The first-order valence-corrected chi connectivity index (χ1v) is 9.84. The van der Waals surface area contributed by atoms with Crippen molar-refractivity contribution >= 4 is 0 Å². The van der Waals surface area contributed by atoms with E-state index < -0.39 is 0 Å². The van der Waals surface area contributed by atoms with Crippen molar-refractivity contribution in [1.29, 1.82) is 0 Å². The lowest BCUT2D eigenvalue weighted by Gasteiger charge is -2.33. The summed E-state index contributed by atoms with van der Waals surface area (Å²) in [6.07, 6.45) is 5.52. The van der Waals surface area contributed by atoms with E-state index >= 15 is 0 Å². The molecule has 0 spiro atoms. The molecule has 4 rings (SSSR count). The zero-order chi connectivity index (χ0) is 19.3. The molecule has 1 aliphatic rings. The minimum absolute atomic E-state index is 0.0887. The van der Waals surface area contributed by atoms with Crippen molar-refractivity contribution in [1.82, 2.24) is 9.88 Å². The van der Waals surface area contributed by atoms with Crippen LogP contribution in [-0.2, 0) is 13.2 Å². The Kier molecular flexibility index (Phi) is 5.79. The van der Waals surface area contributed by atoms with Crippen molar-refractivity contribution in [3.05, 3.63) is 89.5 Å². The summed E-state index contributed by atoms with van der Waals surface area (Å²) in [7, 11) is 0. The van der Waals surface area contributed by atoms with E-state index in [4.69, 9.17) is 0 Å². The quantitative estimate of drug-likeness (QED) is 0.697. The number of aromatic nitrogens is 1. The second-order valence-corrected chi connectivity index (χ2v) is 7.45. The van der Waals surface area contributed by atoms with Gasteiger partial charge in [-0.2, -0.15) is 0 Å². The highest BCUT2D eigenvalue weighted by molar-refractivity contribution is 5.63. The summed E-state index contributed by atoms with van der Waals surface area (Å²) in [6.45, 7) is 2.61. The Hall–Kier alpha value is -2.56. The number of aliphatic hydroxyl groups excluding tert-OH is 1. The normalized spacial score (nSPS) is 15.6. The molecular formula is C24H25FN2O. The third kappa shape index (κ3) is 4.13. The zero-order valence-electron chi connectivity index (χ0n) is 15.9. The van der Waals surface area contributed by atoms with E-state index in [0.717, 1.165) is 48.2 Å². The van der Waals surface area contributed by atoms with E-state index in [1.807, 2.05) is 42.5 Å². The molecule has 0 saturated carbocycles. The minimum atomic E-state index is -0.151. The molecule has 2 aromatic carbocycles. The number of piperidine rings is 1. The second kappa shape index (κ2) is 8.63. The van der Waals surface area contributed by atoms with E-state index in [9.17, 15) is 9.50 Å². The molecule has 0 amide bonds. The fourth-order valence-corrected chi connectivity index (χ4v) is 4.12. The molecular weight excluding hydrogens is 351 g/mol. The van der Waals surface area contributed by atoms with Gasteiger partial charge in [-0.1, -0.05) is 36.4 Å². The molecule has 0 radical (unpaired) electrons. The maximum Gasteiger partial charge on any atom is 0.128 e. The molecule has 0 unspecified atom stereocenters. The van der Waals surface area contributed by atoms with Crippen LogP contribution in [0.1, 0.15) is 35.4 Å². The molecule has 1 aromatic heterocycles. The Bertz CT molecular complexity index is 921. The van der Waals surface area contributed by atoms with Crippen LogP contribution in [0.25, 0.3) is 11.1 Å². The van der Waals surface area contributed by atoms with E-state index in [2.05, 4.69) is 16.0 Å². The molecule has 1 aliphatic heterocycles. The molecule has 2 heterocycles. The van der Waals surface area contributed by atoms with Crippen LogP contribution < -0.4 is 0 Å². The van der Waals surface area contributed by atoms with Gasteiger partial charge in [0.05, 0.1) is 6.61 Å². The predicted molar refractivity (Wildman–Crippen MR) is 109 cm³/mol. The number of halogens is 1. The van der Waals surface area contributed by atoms with Gasteiger partial charge < -0.3 is 5.11 Å². The monoisotopic (exact) mass is 376 g/mol. The molecule has 3 nitrogen and oxygen atoms in total. The number of pyridine rings is 1. The number of hydrogen-bond acceptors (Lipinski definition) is 3. The summed E-state index contributed by atoms with van der Waals surface area (Å²) in [5.41, 5.74) is 4.88. The van der Waals surface area contributed by atoms with Crippen LogP contribution in [0.15, 0.2) is 67.0 Å². The Morgan fingerprint density at radius 2 is 1.68 bits per heavy atom. The van der Waals surface area contributed by atoms with Crippen LogP contribution in [0, 0.1) is 5.82 Å². The van der Waals surface area contributed by atoms with Crippen molar-refractivity contribution in [2.45, 2.75) is 31.9 Å². The Morgan fingerprint density at radius 3 is 2.39 bits per heavy atom. The first-order valence-electron chi connectivity index (χ1n) is 9.84. The maximum absolute atomic E-state index is 14.7. The Labute approximate surface area is 165 Å². The molecule has 1 saturated heterocycles. The lowest BCUT2D eigenvalue weighted by molar-refractivity contribution is 0.200. The summed E-state index contributed by atoms with van der Waals surface area (Å²) in [5, 5.41) is 9.58. The van der Waals surface area contributed by atoms with Gasteiger partial charge in [0.15, 0.2) is 0 Å². The molecule has 28 heavy (non-hydrogen) atoms. The van der Waals surface area contributed by atoms with Gasteiger partial charge in [0.25, 0.3) is 0 Å². The molecule has 0 atom stereocenters. The topological polar surface area (TPSA) is 36.4 Å². The maximum atomic E-state index is 14.7. The van der Waals surface area contributed by atoms with Crippen LogP contribution in [0.4, 0.5) is 4.39 Å². The lowest BCUT2D eigenvalue weighted by atomic mass is 9.86. The van der Waals surface area contributed by atoms with Gasteiger partial charge in [-0.05, 0) is 72.3 Å². The van der Waals surface area contributed by atoms with Gasteiger partial charge in [-0.3, -0.25) is 9.88 Å². The predicted octanol–water partition coefficient (Wildman–Crippen LogP) is 4.76. The minimum Gasteiger partial charge on any atom is -0.392 e. The first-order chi connectivity index (χ1) is 13.7. The lowest BCUT2D eigenvalue weighted by Crippen LogP contribution is -2.33. The SMILES string of the molecule is OCc1ccccc1C1CCN(Cc2ccc(-c3ccncc3)cc2F)CC1. The van der Waals surface area contributed by atoms with Crippen molar-refractivity contribution in [3.8, 4) is 11.1 Å². The molecule has 0 aliphatic carbocycles. The number of likely N-dealkylation sites (tertiary alicyclic amines) is 1. The number of rotatable bonds is 5. The summed E-state index contributed by atoms with van der Waals surface area (Å²) in [4.78, 5) is 6.33. The average Bonchev–Trinajstić information content (AvgIpc) is 2.76. The van der Waals surface area contributed by atoms with Gasteiger partial charge >= 0.3 is 0 Å². The van der Waals surface area contributed by atoms with Crippen molar-refractivity contribution in [2.24, 2.45) is 0 Å². The van der Waals surface area contributed by atoms with E-state index in [1.165, 1.54) is 5.56 Å². The third-order valence-electron chi connectivity index (χ3n) is 5.71. The van der Waals surface area contributed by atoms with Crippen LogP contribution >= 0.6 is 0 Å². The molecule has 4 heteroatoms. The van der Waals surface area contributed by atoms with Gasteiger partial charge in [-0.15, -0.1) is 0 Å². The highest BCUT2D eigenvalue weighted by Crippen LogP contribution is 2.31. The fourth-order valence-electron chi connectivity index (χ4n) is 4.12. The zero-order valence-corrected chi connectivity index (χ0v) is 15.9. The average molecular weight is 376 g/mol. The molecule has 0 bridgehead atoms. The van der Waals surface area contributed by atoms with E-state index in [1.54, 1.807) is 18.5 Å². The van der Waals surface area contributed by atoms with E-state index in [-0.39, 0.29) is 12.4 Å². The van der Waals surface area contributed by atoms with Crippen LogP contribution in [0.2, 0.25) is 0 Å². The van der Waals surface area contributed by atoms with Gasteiger partial charge in [0.2, 0.25) is 0 Å². The summed E-state index contributed by atoms with van der Waals surface area (Å²) < 4.78 is 14.7. The number of nitrogens with zero attached hydrogens (tertiary/aromatic N) is 2. The highest BCUT2D eigenvalue weighted by Gasteiger charge is 2.23. The van der Waals surface area contributed by atoms with E-state index in [0.29, 0.717) is 12.5 Å². The number of hydrogen-bond donors (Lipinski definition) is 1. The smallest absolute Gasteiger partial charge is 0.128 e. The Morgan fingerprint density at radius 1 is 0.929 bits per heavy atom. The van der Waals surface area contributed by atoms with Gasteiger partial charge in [0, 0.05) is 24.5 Å². The van der Waals surface area contributed by atoms with Crippen molar-refractivity contribution in [3.63, 3.8) is 0 Å². The molecule has 1 N–H and O–H groups in total. The molecule has 1 fully saturated rings. The van der Waals surface area contributed by atoms with Crippen LogP contribution in [-0.4, -0.2) is 28.1 Å². The van der Waals surface area contributed by atoms with Crippen molar-refractivity contribution < 1.29 is 9.50 Å². The second-order valence-electron chi connectivity index (χ2n) is 7.45. The van der Waals surface area contributed by atoms with Gasteiger partial charge in [-0.25, -0.2) is 4.39 Å². The summed E-state index contributed by atoms with van der Waals surface area (Å²) in [5.74, 6) is 0.320. The third-order valence-corrected chi connectivity index (χ3v) is 5.71. The number of benzene rings is 2. The van der Waals surface area contributed by atoms with Crippen LogP contribution in [0.3, 0.4) is 0 Å². The summed E-state index contributed by atoms with van der Waals surface area (Å²) >= 11 is 0. The first kappa shape index (κ1) is 18.8. The Balaban J connectivity index is 1.40. The number of aliphatic hydroxyl groups is 1.